The summed E-state index contributed by atoms with van der Waals surface area (Å²) in [5.74, 6) is 0.547. The molecule has 0 bridgehead atoms. The fraction of sp³-hybridized carbons (Fsp3) is 0.462. The summed E-state index contributed by atoms with van der Waals surface area (Å²) < 4.78 is 0. The van der Waals surface area contributed by atoms with E-state index in [9.17, 15) is 9.90 Å². The van der Waals surface area contributed by atoms with Gasteiger partial charge in [0.05, 0.1) is 5.76 Å². The first-order valence-corrected chi connectivity index (χ1v) is 16.0. The number of rotatable bonds is 8. The average Bonchev–Trinajstić information content (AvgIpc) is 2.96. The number of allylic oxidation sites excluding steroid dienone is 2. The fourth-order valence-corrected chi connectivity index (χ4v) is 6.57. The van der Waals surface area contributed by atoms with Gasteiger partial charge in [0.1, 0.15) is 0 Å². The van der Waals surface area contributed by atoms with Gasteiger partial charge in [0, 0.05) is 50.4 Å². The summed E-state index contributed by atoms with van der Waals surface area (Å²) in [7, 11) is 0. The van der Waals surface area contributed by atoms with Gasteiger partial charge in [0.25, 0.3) is 0 Å². The Morgan fingerprint density at radius 2 is 1.61 bits per heavy atom. The maximum Gasteiger partial charge on any atom is 0.162 e. The van der Waals surface area contributed by atoms with Crippen molar-refractivity contribution in [1.82, 2.24) is 9.97 Å². The van der Waals surface area contributed by atoms with Gasteiger partial charge in [-0.15, -0.1) is 17.7 Å². The van der Waals surface area contributed by atoms with Crippen molar-refractivity contribution >= 4 is 27.5 Å². The van der Waals surface area contributed by atoms with E-state index < -0.39 is 0 Å². The van der Waals surface area contributed by atoms with Gasteiger partial charge in [-0.25, -0.2) is 0 Å². The second-order valence-corrected chi connectivity index (χ2v) is 13.7. The molecule has 4 nitrogen and oxygen atoms in total. The molecular formula is C39H49IrN2O2-. The summed E-state index contributed by atoms with van der Waals surface area (Å²) in [6.07, 6.45) is 9.78. The molecular weight excluding hydrogens is 721 g/mol. The van der Waals surface area contributed by atoms with Crippen molar-refractivity contribution in [3.63, 3.8) is 0 Å². The van der Waals surface area contributed by atoms with E-state index in [1.807, 2.05) is 46.2 Å². The van der Waals surface area contributed by atoms with Gasteiger partial charge < -0.3 is 10.1 Å². The Kier molecular flexibility index (Phi) is 11.7. The summed E-state index contributed by atoms with van der Waals surface area (Å²) in [6.45, 7) is 19.6. The number of hydrogen-bond acceptors (Lipinski definition) is 4. The van der Waals surface area contributed by atoms with E-state index in [0.717, 1.165) is 54.3 Å². The van der Waals surface area contributed by atoms with Gasteiger partial charge >= 0.3 is 0 Å². The van der Waals surface area contributed by atoms with E-state index in [0.29, 0.717) is 0 Å². The molecule has 0 fully saturated rings. The van der Waals surface area contributed by atoms with Gasteiger partial charge in [-0.2, -0.15) is 0 Å². The first-order valence-electron chi connectivity index (χ1n) is 16.0. The number of hydrogen-bond donors (Lipinski definition) is 1. The molecule has 2 aromatic carbocycles. The molecule has 1 radical (unpaired) electrons. The zero-order valence-electron chi connectivity index (χ0n) is 28.0. The van der Waals surface area contributed by atoms with E-state index in [4.69, 9.17) is 9.97 Å². The third kappa shape index (κ3) is 7.32. The topological polar surface area (TPSA) is 63.1 Å². The second kappa shape index (κ2) is 14.5. The smallest absolute Gasteiger partial charge is 0.162 e. The van der Waals surface area contributed by atoms with Crippen LogP contribution in [-0.4, -0.2) is 20.9 Å². The van der Waals surface area contributed by atoms with Crippen LogP contribution in [0.15, 0.2) is 60.6 Å². The van der Waals surface area contributed by atoms with Crippen LogP contribution in [0.1, 0.15) is 105 Å². The van der Waals surface area contributed by atoms with Crippen molar-refractivity contribution in [1.29, 1.82) is 0 Å². The third-order valence-electron chi connectivity index (χ3n) is 8.97. The van der Waals surface area contributed by atoms with E-state index in [-0.39, 0.29) is 54.3 Å². The van der Waals surface area contributed by atoms with Gasteiger partial charge in [-0.3, -0.25) is 9.78 Å². The summed E-state index contributed by atoms with van der Waals surface area (Å²) in [5.41, 5.74) is 7.26. The van der Waals surface area contributed by atoms with E-state index in [2.05, 4.69) is 71.0 Å². The molecule has 2 heterocycles. The number of ketones is 1. The minimum absolute atomic E-state index is 0. The quantitative estimate of drug-likeness (QED) is 0.110. The van der Waals surface area contributed by atoms with Crippen LogP contribution < -0.4 is 0 Å². The molecule has 0 atom stereocenters. The average molecular weight is 770 g/mol. The molecule has 237 valence electrons. The molecule has 1 aliphatic carbocycles. The maximum atomic E-state index is 11.7. The standard InChI is InChI=1S/C26H25N2.C13H24O2.Ir/c1-25(2,3)15-16-13-18-10-12-28-24-19-9-8-17-7-6-11-27-23(17)22(19)26(4,5)20(14-16)21(18)24;1-5-10(6-2)12(14)9-13(15)11(7-3)8-4;/h6-8,10-14H,15H2,1-5H3;9-11,14H,5-8H2,1-4H3;/q-1;;/b;12-9-;. The van der Waals surface area contributed by atoms with Crippen LogP contribution in [0.2, 0.25) is 0 Å². The Bertz CT molecular complexity index is 1640. The van der Waals surface area contributed by atoms with Crippen LogP contribution in [-0.2, 0) is 36.7 Å². The van der Waals surface area contributed by atoms with Crippen LogP contribution in [0.25, 0.3) is 32.9 Å². The van der Waals surface area contributed by atoms with Crippen LogP contribution in [0.3, 0.4) is 0 Å². The number of aliphatic hydroxyl groups is 1. The molecule has 0 amide bonds. The number of nitrogens with zero attached hydrogens (tertiary/aromatic N) is 2. The Balaban J connectivity index is 0.000000286. The van der Waals surface area contributed by atoms with Crippen LogP contribution in [0, 0.1) is 23.3 Å². The number of carbonyl (C=O) groups is 1. The van der Waals surface area contributed by atoms with Crippen LogP contribution in [0.4, 0.5) is 0 Å². The summed E-state index contributed by atoms with van der Waals surface area (Å²) in [6, 6.07) is 16.6. The molecule has 0 spiro atoms. The van der Waals surface area contributed by atoms with Gasteiger partial charge in [0.2, 0.25) is 0 Å². The third-order valence-corrected chi connectivity index (χ3v) is 8.97. The van der Waals surface area contributed by atoms with E-state index >= 15 is 0 Å². The van der Waals surface area contributed by atoms with Crippen molar-refractivity contribution in [3.05, 3.63) is 83.4 Å². The van der Waals surface area contributed by atoms with Crippen LogP contribution in [0.5, 0.6) is 0 Å². The van der Waals surface area contributed by atoms with Crippen LogP contribution >= 0.6 is 0 Å². The molecule has 1 N–H and O–H groups in total. The second-order valence-electron chi connectivity index (χ2n) is 13.7. The first kappa shape index (κ1) is 35.6. The largest absolute Gasteiger partial charge is 0.512 e. The Morgan fingerprint density at radius 3 is 2.23 bits per heavy atom. The fourth-order valence-electron chi connectivity index (χ4n) is 6.57. The van der Waals surface area contributed by atoms with E-state index in [1.54, 1.807) is 0 Å². The maximum absolute atomic E-state index is 11.7. The first-order chi connectivity index (χ1) is 20.4. The molecule has 5 rings (SSSR count). The van der Waals surface area contributed by atoms with E-state index in [1.165, 1.54) is 33.5 Å². The molecule has 5 heteroatoms. The number of aliphatic hydroxyl groups excluding tert-OH is 1. The molecule has 1 aliphatic rings. The predicted octanol–water partition coefficient (Wildman–Crippen LogP) is 10.3. The van der Waals surface area contributed by atoms with Gasteiger partial charge in [-0.05, 0) is 82.1 Å². The molecule has 2 aromatic heterocycles. The molecule has 0 unspecified atom stereocenters. The van der Waals surface area contributed by atoms with Crippen molar-refractivity contribution in [3.8, 4) is 11.3 Å². The Labute approximate surface area is 278 Å². The number of fused-ring (bicyclic) bond motifs is 4. The SMILES string of the molecule is CC(C)(C)Cc1cc2c3c(nccc3c1)-c1[c-]cc3cccnc3c1C2(C)C.CCC(CC)C(=O)/C=C(\O)C(CC)CC.[Ir]. The Morgan fingerprint density at radius 1 is 0.955 bits per heavy atom. The van der Waals surface area contributed by atoms with Crippen molar-refractivity contribution in [2.24, 2.45) is 17.3 Å². The minimum atomic E-state index is -0.165. The molecule has 0 aliphatic heterocycles. The zero-order valence-corrected chi connectivity index (χ0v) is 30.4. The number of benzene rings is 2. The Hall–Kier alpha value is -2.88. The summed E-state index contributed by atoms with van der Waals surface area (Å²) in [5, 5.41) is 13.4. The predicted molar refractivity (Wildman–Crippen MR) is 180 cm³/mol. The number of carbonyl (C=O) groups excluding carboxylic acids is 1. The molecule has 0 saturated carbocycles. The zero-order chi connectivity index (χ0) is 31.5. The normalized spacial score (nSPS) is 13.8. The summed E-state index contributed by atoms with van der Waals surface area (Å²) in [4.78, 5) is 21.3. The van der Waals surface area contributed by atoms with Crippen molar-refractivity contribution in [2.75, 3.05) is 0 Å². The van der Waals surface area contributed by atoms with Gasteiger partial charge in [-0.1, -0.05) is 97.5 Å². The molecule has 4 aromatic rings. The number of aromatic nitrogens is 2. The van der Waals surface area contributed by atoms with Crippen molar-refractivity contribution in [2.45, 2.75) is 99.8 Å². The van der Waals surface area contributed by atoms with Crippen molar-refractivity contribution < 1.29 is 30.0 Å². The summed E-state index contributed by atoms with van der Waals surface area (Å²) >= 11 is 0. The molecule has 0 saturated heterocycles. The van der Waals surface area contributed by atoms with Gasteiger partial charge in [0.15, 0.2) is 5.78 Å². The minimum Gasteiger partial charge on any atom is -0.512 e. The molecule has 44 heavy (non-hydrogen) atoms. The number of pyridine rings is 2. The monoisotopic (exact) mass is 770 g/mol.